The first kappa shape index (κ1) is 16.2. The minimum absolute atomic E-state index is 1.34. The quantitative estimate of drug-likeness (QED) is 0.201. The monoisotopic (exact) mass is 452 g/mol. The molecule has 0 aliphatic rings. The van der Waals surface area contributed by atoms with E-state index < -0.39 is 0 Å². The van der Waals surface area contributed by atoms with Crippen LogP contribution in [0.2, 0.25) is 0 Å². The van der Waals surface area contributed by atoms with Crippen molar-refractivity contribution in [1.29, 1.82) is 0 Å². The second-order valence-corrected chi connectivity index (χ2v) is 11.5. The molecule has 0 spiro atoms. The van der Waals surface area contributed by atoms with Gasteiger partial charge in [0.2, 0.25) is 0 Å². The Morgan fingerprint density at radius 3 is 0.867 bits per heavy atom. The highest BCUT2D eigenvalue weighted by Crippen LogP contribution is 2.45. The van der Waals surface area contributed by atoms with Crippen LogP contribution in [-0.2, 0) is 0 Å². The van der Waals surface area contributed by atoms with E-state index in [-0.39, 0.29) is 0 Å². The van der Waals surface area contributed by atoms with Crippen LogP contribution in [0, 0.1) is 0 Å². The first-order valence-electron chi connectivity index (χ1n) is 9.81. The highest BCUT2D eigenvalue weighted by molar-refractivity contribution is 7.21. The fourth-order valence-electron chi connectivity index (χ4n) is 5.02. The lowest BCUT2D eigenvalue weighted by atomic mass is 9.97. The standard InChI is InChI=1S/C26H12S4/c1-5-27-23-15(1)16-2-6-28-24(16)20-10-14-12-22-21(11-13(14)9-19(20)23)25-17(3-7-29-25)18-4-8-30-26(18)22/h1-12H. The van der Waals surface area contributed by atoms with Crippen molar-refractivity contribution < 1.29 is 0 Å². The van der Waals surface area contributed by atoms with Crippen molar-refractivity contribution in [3.05, 3.63) is 70.1 Å². The fourth-order valence-corrected chi connectivity index (χ4v) is 8.78. The molecule has 8 aromatic rings. The van der Waals surface area contributed by atoms with E-state index in [1.165, 1.54) is 72.7 Å². The van der Waals surface area contributed by atoms with Crippen molar-refractivity contribution in [3.8, 4) is 0 Å². The van der Waals surface area contributed by atoms with Crippen molar-refractivity contribution in [2.75, 3.05) is 0 Å². The zero-order valence-electron chi connectivity index (χ0n) is 15.6. The Hall–Kier alpha value is -2.50. The van der Waals surface area contributed by atoms with Crippen LogP contribution in [0.5, 0.6) is 0 Å². The molecule has 0 aliphatic carbocycles. The summed E-state index contributed by atoms with van der Waals surface area (Å²) in [5.41, 5.74) is 0. The predicted molar refractivity (Wildman–Crippen MR) is 140 cm³/mol. The molecule has 0 unspecified atom stereocenters. The Balaban J connectivity index is 1.65. The molecule has 0 atom stereocenters. The molecular weight excluding hydrogens is 441 g/mol. The molecule has 4 aromatic carbocycles. The molecule has 0 saturated carbocycles. The average molecular weight is 453 g/mol. The summed E-state index contributed by atoms with van der Waals surface area (Å²) in [4.78, 5) is 0. The van der Waals surface area contributed by atoms with E-state index in [1.54, 1.807) is 0 Å². The third-order valence-corrected chi connectivity index (χ3v) is 10.1. The van der Waals surface area contributed by atoms with E-state index in [4.69, 9.17) is 0 Å². The van der Waals surface area contributed by atoms with Crippen molar-refractivity contribution >= 4 is 118 Å². The van der Waals surface area contributed by atoms with Crippen LogP contribution < -0.4 is 0 Å². The minimum atomic E-state index is 1.34. The van der Waals surface area contributed by atoms with Crippen molar-refractivity contribution in [2.24, 2.45) is 0 Å². The average Bonchev–Trinajstić information content (AvgIpc) is 3.55. The molecule has 4 heteroatoms. The molecule has 8 rings (SSSR count). The summed E-state index contributed by atoms with van der Waals surface area (Å²) < 4.78 is 5.64. The predicted octanol–water partition coefficient (Wildman–Crippen LogP) is 10.0. The van der Waals surface area contributed by atoms with E-state index in [1.807, 2.05) is 45.3 Å². The number of benzene rings is 4. The summed E-state index contributed by atoms with van der Waals surface area (Å²) in [7, 11) is 0. The molecule has 0 bridgehead atoms. The maximum atomic E-state index is 2.43. The molecule has 0 saturated heterocycles. The molecule has 4 aromatic heterocycles. The molecule has 30 heavy (non-hydrogen) atoms. The van der Waals surface area contributed by atoms with Crippen LogP contribution in [0.4, 0.5) is 0 Å². The summed E-state index contributed by atoms with van der Waals surface area (Å²) in [6.45, 7) is 0. The van der Waals surface area contributed by atoms with Crippen LogP contribution in [-0.4, -0.2) is 0 Å². The SMILES string of the molecule is c1cc2c3ccsc3c3cc4cc5c(cc4cc3c2s1)c1sccc1c1ccsc15. The topological polar surface area (TPSA) is 0 Å². The zero-order chi connectivity index (χ0) is 19.4. The number of hydrogen-bond donors (Lipinski definition) is 0. The molecule has 0 nitrogen and oxygen atoms in total. The molecule has 0 N–H and O–H groups in total. The summed E-state index contributed by atoms with van der Waals surface area (Å²) >= 11 is 7.45. The van der Waals surface area contributed by atoms with Gasteiger partial charge in [0, 0.05) is 61.9 Å². The Labute approximate surface area is 187 Å². The number of hydrogen-bond acceptors (Lipinski definition) is 4. The molecular formula is C26H12S4. The maximum absolute atomic E-state index is 2.43. The summed E-state index contributed by atoms with van der Waals surface area (Å²) in [5.74, 6) is 0. The van der Waals surface area contributed by atoms with Gasteiger partial charge >= 0.3 is 0 Å². The van der Waals surface area contributed by atoms with Gasteiger partial charge in [-0.1, -0.05) is 0 Å². The fraction of sp³-hybridized carbons (Fsp3) is 0. The summed E-state index contributed by atoms with van der Waals surface area (Å²) in [5, 5.41) is 22.7. The smallest absolute Gasteiger partial charge is 0.0428 e. The Kier molecular flexibility index (Phi) is 3.03. The molecule has 140 valence electrons. The van der Waals surface area contributed by atoms with Gasteiger partial charge in [-0.3, -0.25) is 0 Å². The van der Waals surface area contributed by atoms with Gasteiger partial charge in [0.15, 0.2) is 0 Å². The molecule has 0 fully saturated rings. The Morgan fingerprint density at radius 2 is 0.600 bits per heavy atom. The molecule has 0 aliphatic heterocycles. The van der Waals surface area contributed by atoms with E-state index in [0.29, 0.717) is 0 Å². The van der Waals surface area contributed by atoms with Gasteiger partial charge in [-0.25, -0.2) is 0 Å². The Morgan fingerprint density at radius 1 is 0.333 bits per heavy atom. The highest BCUT2D eigenvalue weighted by Gasteiger charge is 2.15. The number of rotatable bonds is 0. The lowest BCUT2D eigenvalue weighted by Gasteiger charge is -2.09. The van der Waals surface area contributed by atoms with Gasteiger partial charge in [-0.15, -0.1) is 45.3 Å². The van der Waals surface area contributed by atoms with Crippen LogP contribution in [0.1, 0.15) is 0 Å². The first-order chi connectivity index (χ1) is 14.9. The van der Waals surface area contributed by atoms with Crippen molar-refractivity contribution in [3.63, 3.8) is 0 Å². The molecule has 4 heterocycles. The van der Waals surface area contributed by atoms with Gasteiger partial charge in [0.05, 0.1) is 0 Å². The van der Waals surface area contributed by atoms with Gasteiger partial charge < -0.3 is 0 Å². The van der Waals surface area contributed by atoms with Gasteiger partial charge in [0.1, 0.15) is 0 Å². The lowest BCUT2D eigenvalue weighted by Crippen LogP contribution is -1.81. The van der Waals surface area contributed by atoms with E-state index in [9.17, 15) is 0 Å². The largest absolute Gasteiger partial charge is 0.143 e. The lowest BCUT2D eigenvalue weighted by molar-refractivity contribution is 1.94. The van der Waals surface area contributed by atoms with Gasteiger partial charge in [-0.05, 0) is 80.8 Å². The third-order valence-electron chi connectivity index (χ3n) is 6.33. The number of thiophene rings is 4. The van der Waals surface area contributed by atoms with Crippen molar-refractivity contribution in [2.45, 2.75) is 0 Å². The van der Waals surface area contributed by atoms with Gasteiger partial charge in [0.25, 0.3) is 0 Å². The minimum Gasteiger partial charge on any atom is -0.143 e. The maximum Gasteiger partial charge on any atom is 0.0428 e. The second kappa shape index (κ2) is 5.59. The molecule has 0 radical (unpaired) electrons. The van der Waals surface area contributed by atoms with Crippen LogP contribution in [0.3, 0.4) is 0 Å². The van der Waals surface area contributed by atoms with Crippen LogP contribution in [0.15, 0.2) is 70.1 Å². The van der Waals surface area contributed by atoms with Gasteiger partial charge in [-0.2, -0.15) is 0 Å². The summed E-state index contributed by atoms with van der Waals surface area (Å²) in [6, 6.07) is 18.8. The zero-order valence-corrected chi connectivity index (χ0v) is 18.8. The Bertz CT molecular complexity index is 1670. The second-order valence-electron chi connectivity index (χ2n) is 7.80. The summed E-state index contributed by atoms with van der Waals surface area (Å²) in [6.07, 6.45) is 0. The van der Waals surface area contributed by atoms with Crippen LogP contribution >= 0.6 is 45.3 Å². The third kappa shape index (κ3) is 1.91. The highest BCUT2D eigenvalue weighted by atomic mass is 32.1. The van der Waals surface area contributed by atoms with Crippen LogP contribution in [0.25, 0.3) is 72.7 Å². The number of fused-ring (bicyclic) bond motifs is 13. The van der Waals surface area contributed by atoms with Crippen molar-refractivity contribution in [1.82, 2.24) is 0 Å². The van der Waals surface area contributed by atoms with E-state index in [0.717, 1.165) is 0 Å². The van der Waals surface area contributed by atoms with E-state index >= 15 is 0 Å². The first-order valence-corrected chi connectivity index (χ1v) is 13.3. The van der Waals surface area contributed by atoms with E-state index in [2.05, 4.69) is 70.1 Å². The molecule has 0 amide bonds. The normalized spacial score (nSPS) is 12.7.